The molecule has 0 saturated heterocycles. The molecule has 0 aromatic heterocycles. The fourth-order valence-corrected chi connectivity index (χ4v) is 2.95. The van der Waals surface area contributed by atoms with Crippen LogP contribution in [-0.2, 0) is 4.79 Å². The minimum absolute atomic E-state index is 0.306. The van der Waals surface area contributed by atoms with E-state index in [1.54, 1.807) is 6.92 Å². The summed E-state index contributed by atoms with van der Waals surface area (Å²) in [5, 5.41) is 5.78. The van der Waals surface area contributed by atoms with E-state index in [9.17, 15) is 4.79 Å². The van der Waals surface area contributed by atoms with Gasteiger partial charge in [0.2, 0.25) is 0 Å². The van der Waals surface area contributed by atoms with Gasteiger partial charge in [-0.1, -0.05) is 65.1 Å². The average Bonchev–Trinajstić information content (AvgIpc) is 2.59. The van der Waals surface area contributed by atoms with Gasteiger partial charge in [0, 0.05) is 0 Å². The summed E-state index contributed by atoms with van der Waals surface area (Å²) in [6.07, 6.45) is -0.716. The van der Waals surface area contributed by atoms with Crippen LogP contribution in [0.5, 0.6) is 5.75 Å². The minimum Gasteiger partial charge on any atom is -0.481 e. The van der Waals surface area contributed by atoms with Gasteiger partial charge in [-0.3, -0.25) is 4.79 Å². The molecule has 0 saturated carbocycles. The highest BCUT2D eigenvalue weighted by atomic mass is 35.5. The molecule has 3 rings (SSSR count). The third-order valence-corrected chi connectivity index (χ3v) is 4.71. The Morgan fingerprint density at radius 2 is 1.60 bits per heavy atom. The quantitative estimate of drug-likeness (QED) is 0.534. The van der Waals surface area contributed by atoms with E-state index in [0.717, 1.165) is 10.8 Å². The summed E-state index contributed by atoms with van der Waals surface area (Å²) < 4.78 is 5.74. The number of rotatable bonds is 4. The van der Waals surface area contributed by atoms with Crippen molar-refractivity contribution in [3.8, 4) is 5.75 Å². The maximum absolute atomic E-state index is 12.4. The van der Waals surface area contributed by atoms with E-state index in [4.69, 9.17) is 39.5 Å². The molecule has 0 fully saturated rings. The van der Waals surface area contributed by atoms with E-state index >= 15 is 0 Å². The zero-order valence-corrected chi connectivity index (χ0v) is 15.5. The number of carbonyl (C=O) groups excluding carboxylic acids is 1. The minimum atomic E-state index is -0.716. The van der Waals surface area contributed by atoms with Crippen LogP contribution in [0.1, 0.15) is 6.92 Å². The van der Waals surface area contributed by atoms with E-state index < -0.39 is 6.10 Å². The molecule has 0 aliphatic rings. The Hall–Kier alpha value is -1.94. The number of ether oxygens (including phenoxy) is 1. The molecular formula is C19H14Cl3NO2. The zero-order chi connectivity index (χ0) is 18.0. The Morgan fingerprint density at radius 1 is 0.920 bits per heavy atom. The van der Waals surface area contributed by atoms with Crippen molar-refractivity contribution in [3.63, 3.8) is 0 Å². The maximum atomic E-state index is 12.4. The summed E-state index contributed by atoms with van der Waals surface area (Å²) in [6, 6.07) is 16.6. The van der Waals surface area contributed by atoms with E-state index in [1.165, 1.54) is 12.1 Å². The van der Waals surface area contributed by atoms with Crippen LogP contribution in [0.4, 0.5) is 5.69 Å². The molecular weight excluding hydrogens is 381 g/mol. The molecule has 128 valence electrons. The highest BCUT2D eigenvalue weighted by Gasteiger charge is 2.17. The molecule has 0 bridgehead atoms. The zero-order valence-electron chi connectivity index (χ0n) is 13.2. The van der Waals surface area contributed by atoms with E-state index in [1.807, 2.05) is 42.5 Å². The fourth-order valence-electron chi connectivity index (χ4n) is 2.35. The van der Waals surface area contributed by atoms with Crippen LogP contribution >= 0.6 is 34.8 Å². The highest BCUT2D eigenvalue weighted by molar-refractivity contribution is 6.44. The van der Waals surface area contributed by atoms with Gasteiger partial charge < -0.3 is 10.1 Å². The van der Waals surface area contributed by atoms with Crippen LogP contribution in [-0.4, -0.2) is 12.0 Å². The first-order valence-electron chi connectivity index (χ1n) is 7.55. The Morgan fingerprint density at radius 3 is 2.36 bits per heavy atom. The average molecular weight is 395 g/mol. The highest BCUT2D eigenvalue weighted by Crippen LogP contribution is 2.32. The van der Waals surface area contributed by atoms with Crippen LogP contribution < -0.4 is 10.1 Å². The summed E-state index contributed by atoms with van der Waals surface area (Å²) in [5.74, 6) is 0.273. The number of nitrogens with one attached hydrogen (secondary N) is 1. The number of fused-ring (bicyclic) bond motifs is 1. The molecule has 0 unspecified atom stereocenters. The Labute approximate surface area is 160 Å². The summed E-state index contributed by atoms with van der Waals surface area (Å²) in [5.41, 5.74) is 0.384. The number of hydrogen-bond donors (Lipinski definition) is 1. The molecule has 0 aliphatic heterocycles. The smallest absolute Gasteiger partial charge is 0.265 e. The van der Waals surface area contributed by atoms with E-state index in [0.29, 0.717) is 26.5 Å². The summed E-state index contributed by atoms with van der Waals surface area (Å²) in [4.78, 5) is 12.4. The lowest BCUT2D eigenvalue weighted by Gasteiger charge is -2.16. The van der Waals surface area contributed by atoms with Crippen LogP contribution in [0.3, 0.4) is 0 Å². The van der Waals surface area contributed by atoms with Gasteiger partial charge in [-0.15, -0.1) is 0 Å². The second kappa shape index (κ2) is 7.52. The molecule has 0 spiro atoms. The lowest BCUT2D eigenvalue weighted by atomic mass is 10.1. The second-order valence-electron chi connectivity index (χ2n) is 5.50. The molecule has 3 aromatic carbocycles. The van der Waals surface area contributed by atoms with Crippen LogP contribution in [0.2, 0.25) is 15.1 Å². The number of hydrogen-bond acceptors (Lipinski definition) is 2. The molecule has 3 aromatic rings. The molecule has 1 amide bonds. The Bertz CT molecular complexity index is 943. The molecule has 6 heteroatoms. The van der Waals surface area contributed by atoms with Crippen molar-refractivity contribution >= 4 is 57.2 Å². The van der Waals surface area contributed by atoms with Crippen molar-refractivity contribution in [1.82, 2.24) is 0 Å². The van der Waals surface area contributed by atoms with Gasteiger partial charge >= 0.3 is 0 Å². The molecule has 3 nitrogen and oxygen atoms in total. The van der Waals surface area contributed by atoms with Gasteiger partial charge in [0.15, 0.2) is 6.10 Å². The molecule has 0 aliphatic carbocycles. The number of anilines is 1. The van der Waals surface area contributed by atoms with Gasteiger partial charge in [-0.05, 0) is 42.0 Å². The van der Waals surface area contributed by atoms with Crippen LogP contribution in [0, 0.1) is 0 Å². The summed E-state index contributed by atoms with van der Waals surface area (Å²) in [6.45, 7) is 1.66. The normalized spacial score (nSPS) is 12.0. The predicted molar refractivity (Wildman–Crippen MR) is 104 cm³/mol. The van der Waals surface area contributed by atoms with E-state index in [2.05, 4.69) is 5.32 Å². The van der Waals surface area contributed by atoms with Crippen molar-refractivity contribution in [2.45, 2.75) is 13.0 Å². The van der Waals surface area contributed by atoms with Crippen molar-refractivity contribution < 1.29 is 9.53 Å². The van der Waals surface area contributed by atoms with Gasteiger partial charge in [0.1, 0.15) is 5.75 Å². The first-order valence-corrected chi connectivity index (χ1v) is 8.68. The fraction of sp³-hybridized carbons (Fsp3) is 0.105. The second-order valence-corrected chi connectivity index (χ2v) is 6.73. The lowest BCUT2D eigenvalue weighted by molar-refractivity contribution is -0.122. The van der Waals surface area contributed by atoms with Crippen LogP contribution in [0.15, 0.2) is 54.6 Å². The Balaban J connectivity index is 1.72. The first kappa shape index (κ1) is 17.9. The van der Waals surface area contributed by atoms with Crippen molar-refractivity contribution in [1.29, 1.82) is 0 Å². The van der Waals surface area contributed by atoms with Gasteiger partial charge in [-0.2, -0.15) is 0 Å². The predicted octanol–water partition coefficient (Wildman–Crippen LogP) is 6.21. The van der Waals surface area contributed by atoms with Crippen molar-refractivity contribution in [2.75, 3.05) is 5.32 Å². The van der Waals surface area contributed by atoms with Crippen LogP contribution in [0.25, 0.3) is 10.8 Å². The van der Waals surface area contributed by atoms with Gasteiger partial charge in [0.25, 0.3) is 5.91 Å². The molecule has 1 N–H and O–H groups in total. The number of amides is 1. The monoisotopic (exact) mass is 393 g/mol. The molecule has 25 heavy (non-hydrogen) atoms. The maximum Gasteiger partial charge on any atom is 0.265 e. The SMILES string of the molecule is C[C@H](Oc1ccc2ccccc2c1)C(=O)Nc1cc(Cl)c(Cl)cc1Cl. The molecule has 0 heterocycles. The number of benzene rings is 3. The Kier molecular flexibility index (Phi) is 5.38. The topological polar surface area (TPSA) is 38.3 Å². The van der Waals surface area contributed by atoms with Crippen molar-refractivity contribution in [2.24, 2.45) is 0 Å². The number of carbonyl (C=O) groups is 1. The first-order chi connectivity index (χ1) is 11.9. The van der Waals surface area contributed by atoms with Gasteiger partial charge in [-0.25, -0.2) is 0 Å². The van der Waals surface area contributed by atoms with Crippen molar-refractivity contribution in [3.05, 3.63) is 69.7 Å². The third kappa shape index (κ3) is 4.18. The summed E-state index contributed by atoms with van der Waals surface area (Å²) >= 11 is 17.9. The van der Waals surface area contributed by atoms with Gasteiger partial charge in [0.05, 0.1) is 20.8 Å². The van der Waals surface area contributed by atoms with E-state index in [-0.39, 0.29) is 5.91 Å². The largest absolute Gasteiger partial charge is 0.481 e. The summed E-state index contributed by atoms with van der Waals surface area (Å²) in [7, 11) is 0. The molecule has 1 atom stereocenters. The lowest BCUT2D eigenvalue weighted by Crippen LogP contribution is -2.30. The third-order valence-electron chi connectivity index (χ3n) is 3.67. The number of halogens is 3. The molecule has 0 radical (unpaired) electrons. The standard InChI is InChI=1S/C19H14Cl3NO2/c1-11(19(24)23-18-10-16(21)15(20)9-17(18)22)25-14-7-6-12-4-2-3-5-13(12)8-14/h2-11H,1H3,(H,23,24)/t11-/m0/s1.